The molecule has 10 heteroatoms. The second kappa shape index (κ2) is 8.53. The van der Waals surface area contributed by atoms with E-state index in [1.165, 1.54) is 23.1 Å². The van der Waals surface area contributed by atoms with Crippen molar-refractivity contribution in [1.29, 1.82) is 5.26 Å². The van der Waals surface area contributed by atoms with Crippen LogP contribution in [0.2, 0.25) is 0 Å². The van der Waals surface area contributed by atoms with Crippen LogP contribution in [0.4, 0.5) is 5.13 Å². The molecule has 2 aromatic heterocycles. The summed E-state index contributed by atoms with van der Waals surface area (Å²) in [6.45, 7) is 0.970. The molecule has 0 aliphatic carbocycles. The summed E-state index contributed by atoms with van der Waals surface area (Å²) in [6, 6.07) is 13.1. The standard InChI is InChI=1S/C22H16N4O4S2/c1-28-14-2-3-15-19(8-14)32-22(25-15)26-20(27)11-31-21-13(10-23)6-12-7-17-18(9-16(12)24-21)30-5-4-29-17/h2-3,6-9H,4-5,11H2,1H3,(H,25,26,27). The molecule has 32 heavy (non-hydrogen) atoms. The van der Waals surface area contributed by atoms with Crippen LogP contribution in [0.25, 0.3) is 21.1 Å². The molecule has 8 nitrogen and oxygen atoms in total. The first-order valence-electron chi connectivity index (χ1n) is 9.64. The van der Waals surface area contributed by atoms with Gasteiger partial charge in [0.2, 0.25) is 5.91 Å². The van der Waals surface area contributed by atoms with Gasteiger partial charge >= 0.3 is 0 Å². The van der Waals surface area contributed by atoms with Gasteiger partial charge in [0.1, 0.15) is 30.1 Å². The monoisotopic (exact) mass is 464 g/mol. The summed E-state index contributed by atoms with van der Waals surface area (Å²) in [5.41, 5.74) is 1.87. The Morgan fingerprint density at radius 2 is 2.00 bits per heavy atom. The predicted molar refractivity (Wildman–Crippen MR) is 123 cm³/mol. The van der Waals surface area contributed by atoms with Crippen molar-refractivity contribution in [3.63, 3.8) is 0 Å². The number of rotatable bonds is 5. The van der Waals surface area contributed by atoms with Crippen LogP contribution in [0.15, 0.2) is 41.4 Å². The van der Waals surface area contributed by atoms with E-state index in [9.17, 15) is 10.1 Å². The highest BCUT2D eigenvalue weighted by atomic mass is 32.2. The first-order chi connectivity index (χ1) is 15.6. The van der Waals surface area contributed by atoms with E-state index in [-0.39, 0.29) is 11.7 Å². The van der Waals surface area contributed by atoms with Crippen LogP contribution in [0.1, 0.15) is 5.56 Å². The smallest absolute Gasteiger partial charge is 0.236 e. The Labute approximate surface area is 191 Å². The number of carbonyl (C=O) groups is 1. The number of aromatic nitrogens is 2. The molecule has 1 aliphatic heterocycles. The van der Waals surface area contributed by atoms with Gasteiger partial charge in [0.15, 0.2) is 16.6 Å². The molecular weight excluding hydrogens is 448 g/mol. The lowest BCUT2D eigenvalue weighted by atomic mass is 10.1. The maximum atomic E-state index is 12.5. The van der Waals surface area contributed by atoms with Crippen molar-refractivity contribution < 1.29 is 19.0 Å². The summed E-state index contributed by atoms with van der Waals surface area (Å²) in [7, 11) is 1.61. The van der Waals surface area contributed by atoms with E-state index in [0.717, 1.165) is 21.4 Å². The number of nitrogens with one attached hydrogen (secondary N) is 1. The Morgan fingerprint density at radius 1 is 1.19 bits per heavy atom. The molecular formula is C22H16N4O4S2. The molecule has 4 aromatic rings. The number of anilines is 1. The van der Waals surface area contributed by atoms with Crippen molar-refractivity contribution >= 4 is 55.3 Å². The Morgan fingerprint density at radius 3 is 2.78 bits per heavy atom. The number of thiazole rings is 1. The molecule has 0 radical (unpaired) electrons. The number of hydrogen-bond acceptors (Lipinski definition) is 9. The van der Waals surface area contributed by atoms with Crippen molar-refractivity contribution in [1.82, 2.24) is 9.97 Å². The lowest BCUT2D eigenvalue weighted by Crippen LogP contribution is -2.15. The Balaban J connectivity index is 1.32. The second-order valence-electron chi connectivity index (χ2n) is 6.83. The van der Waals surface area contributed by atoms with Gasteiger partial charge in [0.25, 0.3) is 0 Å². The first-order valence-corrected chi connectivity index (χ1v) is 11.4. The van der Waals surface area contributed by atoms with Crippen molar-refractivity contribution in [3.8, 4) is 23.3 Å². The molecule has 0 atom stereocenters. The zero-order valence-electron chi connectivity index (χ0n) is 16.9. The molecule has 1 amide bonds. The first kappa shape index (κ1) is 20.4. The highest BCUT2D eigenvalue weighted by molar-refractivity contribution is 8.00. The minimum absolute atomic E-state index is 0.0942. The fourth-order valence-corrected chi connectivity index (χ4v) is 4.93. The molecule has 3 heterocycles. The number of amides is 1. The number of hydrogen-bond donors (Lipinski definition) is 1. The number of methoxy groups -OCH3 is 1. The number of thioether (sulfide) groups is 1. The maximum absolute atomic E-state index is 12.5. The third-order valence-corrected chi connectivity index (χ3v) is 6.67. The second-order valence-corrected chi connectivity index (χ2v) is 8.83. The van der Waals surface area contributed by atoms with E-state index < -0.39 is 0 Å². The maximum Gasteiger partial charge on any atom is 0.236 e. The van der Waals surface area contributed by atoms with E-state index in [1.807, 2.05) is 24.3 Å². The van der Waals surface area contributed by atoms with Crippen molar-refractivity contribution in [2.75, 3.05) is 31.4 Å². The van der Waals surface area contributed by atoms with Gasteiger partial charge in [-0.05, 0) is 30.3 Å². The third kappa shape index (κ3) is 4.00. The summed E-state index contributed by atoms with van der Waals surface area (Å²) in [6.07, 6.45) is 0. The topological polar surface area (TPSA) is 106 Å². The summed E-state index contributed by atoms with van der Waals surface area (Å²) in [5.74, 6) is 1.87. The molecule has 160 valence electrons. The van der Waals surface area contributed by atoms with E-state index in [0.29, 0.717) is 46.0 Å². The van der Waals surface area contributed by atoms with Crippen LogP contribution in [0.3, 0.4) is 0 Å². The average Bonchev–Trinajstić information content (AvgIpc) is 3.21. The number of nitriles is 1. The van der Waals surface area contributed by atoms with E-state index >= 15 is 0 Å². The van der Waals surface area contributed by atoms with Gasteiger partial charge in [-0.15, -0.1) is 0 Å². The van der Waals surface area contributed by atoms with Crippen LogP contribution in [0, 0.1) is 11.3 Å². The molecule has 0 saturated carbocycles. The van der Waals surface area contributed by atoms with Gasteiger partial charge in [0.05, 0.1) is 34.2 Å². The van der Waals surface area contributed by atoms with Crippen molar-refractivity contribution in [2.45, 2.75) is 5.03 Å². The fraction of sp³-hybridized carbons (Fsp3) is 0.182. The zero-order chi connectivity index (χ0) is 22.1. The average molecular weight is 465 g/mol. The largest absolute Gasteiger partial charge is 0.497 e. The number of fused-ring (bicyclic) bond motifs is 3. The number of pyridine rings is 1. The lowest BCUT2D eigenvalue weighted by molar-refractivity contribution is -0.113. The quantitative estimate of drug-likeness (QED) is 0.438. The predicted octanol–water partition coefficient (Wildman–Crippen LogP) is 4.23. The molecule has 0 unspecified atom stereocenters. The van der Waals surface area contributed by atoms with Crippen LogP contribution < -0.4 is 19.5 Å². The van der Waals surface area contributed by atoms with Gasteiger partial charge in [-0.25, -0.2) is 9.97 Å². The third-order valence-electron chi connectivity index (χ3n) is 4.75. The van der Waals surface area contributed by atoms with Gasteiger partial charge < -0.3 is 19.5 Å². The number of nitrogens with zero attached hydrogens (tertiary/aromatic N) is 3. The summed E-state index contributed by atoms with van der Waals surface area (Å²) >= 11 is 2.58. The van der Waals surface area contributed by atoms with Gasteiger partial charge in [0, 0.05) is 11.5 Å². The molecule has 5 rings (SSSR count). The molecule has 0 fully saturated rings. The molecule has 0 saturated heterocycles. The molecule has 0 spiro atoms. The van der Waals surface area contributed by atoms with Crippen LogP contribution in [0.5, 0.6) is 17.2 Å². The number of ether oxygens (including phenoxy) is 3. The normalized spacial score (nSPS) is 12.5. The van der Waals surface area contributed by atoms with Crippen molar-refractivity contribution in [3.05, 3.63) is 42.0 Å². The van der Waals surface area contributed by atoms with Crippen LogP contribution in [-0.4, -0.2) is 42.0 Å². The Kier molecular flexibility index (Phi) is 5.43. The van der Waals surface area contributed by atoms with Gasteiger partial charge in [-0.2, -0.15) is 5.26 Å². The van der Waals surface area contributed by atoms with Crippen LogP contribution in [-0.2, 0) is 4.79 Å². The molecule has 2 aromatic carbocycles. The Bertz CT molecular complexity index is 1400. The Hall–Kier alpha value is -3.55. The van der Waals surface area contributed by atoms with E-state index in [1.54, 1.807) is 19.2 Å². The summed E-state index contributed by atoms with van der Waals surface area (Å²) in [4.78, 5) is 21.5. The number of benzene rings is 2. The van der Waals surface area contributed by atoms with Crippen LogP contribution >= 0.6 is 23.1 Å². The summed E-state index contributed by atoms with van der Waals surface area (Å²) < 4.78 is 17.4. The zero-order valence-corrected chi connectivity index (χ0v) is 18.5. The van der Waals surface area contributed by atoms with E-state index in [2.05, 4.69) is 21.4 Å². The fourth-order valence-electron chi connectivity index (χ4n) is 3.26. The summed E-state index contributed by atoms with van der Waals surface area (Å²) in [5, 5.41) is 14.2. The SMILES string of the molecule is COc1ccc2nc(NC(=O)CSc3nc4cc5c(cc4cc3C#N)OCCO5)sc2c1. The van der Waals surface area contributed by atoms with Gasteiger partial charge in [-0.1, -0.05) is 23.1 Å². The molecule has 0 bridgehead atoms. The van der Waals surface area contributed by atoms with Gasteiger partial charge in [-0.3, -0.25) is 4.79 Å². The highest BCUT2D eigenvalue weighted by Crippen LogP contribution is 2.36. The lowest BCUT2D eigenvalue weighted by Gasteiger charge is -2.18. The van der Waals surface area contributed by atoms with E-state index in [4.69, 9.17) is 14.2 Å². The number of carbonyl (C=O) groups excluding carboxylic acids is 1. The minimum Gasteiger partial charge on any atom is -0.497 e. The minimum atomic E-state index is -0.228. The molecule has 1 N–H and O–H groups in total. The van der Waals surface area contributed by atoms with Crippen molar-refractivity contribution in [2.24, 2.45) is 0 Å². The molecule has 1 aliphatic rings. The highest BCUT2D eigenvalue weighted by Gasteiger charge is 2.17.